The third-order valence-electron chi connectivity index (χ3n) is 11.9. The van der Waals surface area contributed by atoms with E-state index in [9.17, 15) is 14.4 Å². The molecule has 0 bridgehead atoms. The van der Waals surface area contributed by atoms with E-state index < -0.39 is 18.4 Å². The van der Waals surface area contributed by atoms with Crippen LogP contribution in [0.1, 0.15) is 273 Å². The molecule has 0 aromatic heterocycles. The Balaban J connectivity index is 4.99. The van der Waals surface area contributed by atoms with E-state index in [1.54, 1.807) is 0 Å². The highest BCUT2D eigenvalue weighted by Crippen LogP contribution is 2.20. The van der Waals surface area contributed by atoms with Crippen LogP contribution in [0.2, 0.25) is 0 Å². The minimum atomic E-state index is -0.846. The van der Waals surface area contributed by atoms with Crippen molar-refractivity contribution in [3.8, 4) is 0 Å². The molecule has 0 aromatic rings. The predicted molar refractivity (Wildman–Crippen MR) is 269 cm³/mol. The molecule has 0 saturated carbocycles. The molecule has 5 nitrogen and oxygen atoms in total. The van der Waals surface area contributed by atoms with Crippen molar-refractivity contribution < 1.29 is 23.9 Å². The molecule has 2 atom stereocenters. The number of hydrogen-bond acceptors (Lipinski definition) is 5. The van der Waals surface area contributed by atoms with Crippen LogP contribution in [0.25, 0.3) is 0 Å². The van der Waals surface area contributed by atoms with Crippen molar-refractivity contribution in [1.82, 2.24) is 0 Å². The Labute approximate surface area is 385 Å². The van der Waals surface area contributed by atoms with E-state index in [2.05, 4.69) is 90.2 Å². The second kappa shape index (κ2) is 46.6. The molecule has 62 heavy (non-hydrogen) atoms. The van der Waals surface area contributed by atoms with Gasteiger partial charge in [0.2, 0.25) is 0 Å². The summed E-state index contributed by atoms with van der Waals surface area (Å²) in [5.74, 6) is 1.37. The van der Waals surface area contributed by atoms with Crippen LogP contribution in [0, 0.1) is 11.8 Å². The summed E-state index contributed by atoms with van der Waals surface area (Å²) < 4.78 is 11.7. The van der Waals surface area contributed by atoms with Gasteiger partial charge in [0.1, 0.15) is 0 Å². The molecular formula is C57H102O5. The number of ketones is 2. The number of unbranched alkanes of at least 4 members (excludes halogenated alkanes) is 22. The molecule has 0 heterocycles. The normalized spacial score (nSPS) is 13.2. The van der Waals surface area contributed by atoms with E-state index in [-0.39, 0.29) is 11.6 Å². The Bertz CT molecular complexity index is 1040. The zero-order chi connectivity index (χ0) is 45.6. The Morgan fingerprint density at radius 1 is 0.355 bits per heavy atom. The predicted octanol–water partition coefficient (Wildman–Crippen LogP) is 18.6. The van der Waals surface area contributed by atoms with Crippen LogP contribution in [0.3, 0.4) is 0 Å². The van der Waals surface area contributed by atoms with Gasteiger partial charge in [-0.05, 0) is 115 Å². The third-order valence-corrected chi connectivity index (χ3v) is 11.9. The van der Waals surface area contributed by atoms with Crippen LogP contribution in [-0.4, -0.2) is 29.9 Å². The largest absolute Gasteiger partial charge is 0.509 e. The lowest BCUT2D eigenvalue weighted by molar-refractivity contribution is -0.133. The Kier molecular flexibility index (Phi) is 44.7. The number of hydrogen-bond donors (Lipinski definition) is 0. The van der Waals surface area contributed by atoms with E-state index in [1.807, 2.05) is 0 Å². The average Bonchev–Trinajstić information content (AvgIpc) is 3.24. The van der Waals surface area contributed by atoms with Gasteiger partial charge in [0.05, 0.1) is 0 Å². The van der Waals surface area contributed by atoms with E-state index >= 15 is 0 Å². The van der Waals surface area contributed by atoms with Gasteiger partial charge in [-0.15, -0.1) is 0 Å². The van der Waals surface area contributed by atoms with Crippen LogP contribution >= 0.6 is 0 Å². The molecular weight excluding hydrogens is 765 g/mol. The van der Waals surface area contributed by atoms with Gasteiger partial charge >= 0.3 is 6.16 Å². The molecule has 0 radical (unpaired) electrons. The van der Waals surface area contributed by atoms with Crippen LogP contribution in [0.5, 0.6) is 0 Å². The second-order valence-corrected chi connectivity index (χ2v) is 19.1. The lowest BCUT2D eigenvalue weighted by Crippen LogP contribution is -2.32. The highest BCUT2D eigenvalue weighted by atomic mass is 16.7. The summed E-state index contributed by atoms with van der Waals surface area (Å²) in [5, 5.41) is 0. The molecule has 0 aliphatic heterocycles. The van der Waals surface area contributed by atoms with Gasteiger partial charge in [-0.3, -0.25) is 9.59 Å². The monoisotopic (exact) mass is 867 g/mol. The molecule has 0 fully saturated rings. The van der Waals surface area contributed by atoms with Crippen molar-refractivity contribution in [3.05, 3.63) is 48.6 Å². The molecule has 360 valence electrons. The summed E-state index contributed by atoms with van der Waals surface area (Å²) in [5.41, 5.74) is 0. The summed E-state index contributed by atoms with van der Waals surface area (Å²) in [6.07, 6.45) is 53.4. The van der Waals surface area contributed by atoms with E-state index in [0.717, 1.165) is 116 Å². The van der Waals surface area contributed by atoms with Crippen LogP contribution in [-0.2, 0) is 19.1 Å². The number of allylic oxidation sites excluding steroid dienone is 8. The Morgan fingerprint density at radius 3 is 0.984 bits per heavy atom. The maximum absolute atomic E-state index is 13.5. The maximum atomic E-state index is 13.5. The van der Waals surface area contributed by atoms with Crippen LogP contribution < -0.4 is 0 Å². The molecule has 0 N–H and O–H groups in total. The van der Waals surface area contributed by atoms with Crippen molar-refractivity contribution in [2.45, 2.75) is 285 Å². The fourth-order valence-electron chi connectivity index (χ4n) is 7.85. The molecule has 5 heteroatoms. The molecule has 0 spiro atoms. The van der Waals surface area contributed by atoms with E-state index in [4.69, 9.17) is 9.47 Å². The fraction of sp³-hybridized carbons (Fsp3) is 0.807. The summed E-state index contributed by atoms with van der Waals surface area (Å²) in [4.78, 5) is 40.4. The zero-order valence-electron chi connectivity index (χ0n) is 41.9. The molecule has 0 saturated heterocycles. The van der Waals surface area contributed by atoms with Crippen molar-refractivity contribution in [1.29, 1.82) is 0 Å². The van der Waals surface area contributed by atoms with Gasteiger partial charge in [0, 0.05) is 12.8 Å². The molecule has 0 rings (SSSR count). The Morgan fingerprint density at radius 2 is 0.645 bits per heavy atom. The van der Waals surface area contributed by atoms with Crippen molar-refractivity contribution >= 4 is 17.7 Å². The van der Waals surface area contributed by atoms with Gasteiger partial charge in [-0.1, -0.05) is 206 Å². The Hall–Kier alpha value is -2.43. The first-order chi connectivity index (χ1) is 30.2. The van der Waals surface area contributed by atoms with Crippen LogP contribution in [0.4, 0.5) is 4.79 Å². The van der Waals surface area contributed by atoms with Crippen molar-refractivity contribution in [2.75, 3.05) is 0 Å². The van der Waals surface area contributed by atoms with Gasteiger partial charge in [-0.25, -0.2) is 4.79 Å². The second-order valence-electron chi connectivity index (χ2n) is 19.1. The lowest BCUT2D eigenvalue weighted by atomic mass is 9.99. The van der Waals surface area contributed by atoms with Gasteiger partial charge in [0.15, 0.2) is 23.8 Å². The van der Waals surface area contributed by atoms with Crippen LogP contribution in [0.15, 0.2) is 48.6 Å². The summed E-state index contributed by atoms with van der Waals surface area (Å²) >= 11 is 0. The number of Topliss-reactive ketones (excluding diaryl/α,β-unsaturated/α-hetero) is 2. The molecule has 0 amide bonds. The average molecular weight is 867 g/mol. The minimum absolute atomic E-state index is 0.00651. The fourth-order valence-corrected chi connectivity index (χ4v) is 7.85. The SMILES string of the molecule is CCCCC/C=C\C/C=C\CCCCCCCC(=O)C(CCCCCCC(C)C)OC(=O)OC(CCCCCCC(C)C)C(=O)CCCCCCC/C=C\C/C=C\CCCCC. The van der Waals surface area contributed by atoms with Gasteiger partial charge in [-0.2, -0.15) is 0 Å². The van der Waals surface area contributed by atoms with E-state index in [0.29, 0.717) is 37.5 Å². The zero-order valence-corrected chi connectivity index (χ0v) is 41.9. The number of rotatable bonds is 46. The minimum Gasteiger partial charge on any atom is -0.423 e. The highest BCUT2D eigenvalue weighted by Gasteiger charge is 2.27. The summed E-state index contributed by atoms with van der Waals surface area (Å²) in [6, 6.07) is 0. The van der Waals surface area contributed by atoms with E-state index in [1.165, 1.54) is 89.9 Å². The topological polar surface area (TPSA) is 69.7 Å². The standard InChI is InChI=1S/C57H102O5/c1-7-9-11-13-15-17-19-21-23-25-27-29-31-33-41-47-53(58)55(49-43-37-35-39-45-51(3)4)61-57(60)62-56(50-44-38-36-40-46-52(5)6)54(59)48-42-34-32-30-28-26-24-22-20-18-16-14-12-10-8-2/h15-18,21-24,51-52,55-56H,7-14,19-20,25-50H2,1-6H3/b17-15-,18-16-,23-21-,24-22-. The van der Waals surface area contributed by atoms with Gasteiger partial charge < -0.3 is 9.47 Å². The van der Waals surface area contributed by atoms with Gasteiger partial charge in [0.25, 0.3) is 0 Å². The first kappa shape index (κ1) is 59.6. The number of ether oxygens (including phenoxy) is 2. The smallest absolute Gasteiger partial charge is 0.423 e. The third kappa shape index (κ3) is 42.9. The first-order valence-electron chi connectivity index (χ1n) is 26.7. The quantitative estimate of drug-likeness (QED) is 0.0346. The number of carbonyl (C=O) groups excluding carboxylic acids is 3. The molecule has 2 unspecified atom stereocenters. The summed E-state index contributed by atoms with van der Waals surface area (Å²) in [6.45, 7) is 13.5. The highest BCUT2D eigenvalue weighted by molar-refractivity contribution is 5.86. The molecule has 0 aromatic carbocycles. The molecule has 0 aliphatic carbocycles. The number of carbonyl (C=O) groups is 3. The van der Waals surface area contributed by atoms with Crippen molar-refractivity contribution in [2.24, 2.45) is 11.8 Å². The first-order valence-corrected chi connectivity index (χ1v) is 26.7. The molecule has 0 aliphatic rings. The maximum Gasteiger partial charge on any atom is 0.509 e. The van der Waals surface area contributed by atoms with Crippen molar-refractivity contribution in [3.63, 3.8) is 0 Å². The summed E-state index contributed by atoms with van der Waals surface area (Å²) in [7, 11) is 0. The lowest BCUT2D eigenvalue weighted by Gasteiger charge is -2.20.